The third-order valence-electron chi connectivity index (χ3n) is 3.20. The van der Waals surface area contributed by atoms with E-state index < -0.39 is 17.0 Å². The Morgan fingerprint density at radius 2 is 2.09 bits per heavy atom. The zero-order chi connectivity index (χ0) is 16.8. The molecule has 1 heterocycles. The van der Waals surface area contributed by atoms with Crippen LogP contribution in [0.15, 0.2) is 29.2 Å². The molecular weight excluding hydrogens is 319 g/mol. The number of amides is 3. The summed E-state index contributed by atoms with van der Waals surface area (Å²) in [5.41, 5.74) is 0.259. The largest absolute Gasteiger partial charge is 0.354 e. The molecule has 1 saturated heterocycles. The topological polar surface area (TPSA) is 66.5 Å². The Balaban J connectivity index is 2.00. The first-order chi connectivity index (χ1) is 11.0. The summed E-state index contributed by atoms with van der Waals surface area (Å²) < 4.78 is 13.6. The van der Waals surface area contributed by atoms with Gasteiger partial charge < -0.3 is 5.32 Å². The Hall–Kier alpha value is -2.15. The molecule has 0 aliphatic carbocycles. The van der Waals surface area contributed by atoms with Crippen molar-refractivity contribution in [1.29, 1.82) is 0 Å². The van der Waals surface area contributed by atoms with E-state index in [1.807, 2.05) is 6.92 Å². The van der Waals surface area contributed by atoms with Crippen molar-refractivity contribution >= 4 is 34.9 Å². The lowest BCUT2D eigenvalue weighted by molar-refractivity contribution is -0.124. The van der Waals surface area contributed by atoms with Crippen LogP contribution >= 0.6 is 11.8 Å². The molecule has 23 heavy (non-hydrogen) atoms. The maximum absolute atomic E-state index is 13.6. The van der Waals surface area contributed by atoms with Gasteiger partial charge in [-0.2, -0.15) is 0 Å². The van der Waals surface area contributed by atoms with Crippen LogP contribution in [0, 0.1) is 5.82 Å². The Morgan fingerprint density at radius 1 is 1.35 bits per heavy atom. The average molecular weight is 336 g/mol. The Bertz CT molecular complexity index is 660. The smallest absolute Gasteiger partial charge is 0.293 e. The maximum Gasteiger partial charge on any atom is 0.293 e. The number of nitrogens with zero attached hydrogens (tertiary/aromatic N) is 1. The molecule has 1 fully saturated rings. The van der Waals surface area contributed by atoms with Gasteiger partial charge in [0.15, 0.2) is 0 Å². The molecule has 1 N–H and O–H groups in total. The molecule has 5 nitrogen and oxygen atoms in total. The van der Waals surface area contributed by atoms with Crippen LogP contribution in [0.25, 0.3) is 6.08 Å². The number of hydrogen-bond donors (Lipinski definition) is 1. The monoisotopic (exact) mass is 336 g/mol. The van der Waals surface area contributed by atoms with Crippen molar-refractivity contribution in [2.24, 2.45) is 0 Å². The fourth-order valence-electron chi connectivity index (χ4n) is 2.05. The molecule has 1 aliphatic rings. The second-order valence-corrected chi connectivity index (χ2v) is 5.95. The van der Waals surface area contributed by atoms with Crippen molar-refractivity contribution in [2.75, 3.05) is 13.1 Å². The van der Waals surface area contributed by atoms with Crippen molar-refractivity contribution in [3.05, 3.63) is 40.6 Å². The molecule has 7 heteroatoms. The first kappa shape index (κ1) is 17.2. The van der Waals surface area contributed by atoms with Gasteiger partial charge in [0.1, 0.15) is 5.82 Å². The first-order valence-electron chi connectivity index (χ1n) is 7.29. The normalized spacial score (nSPS) is 16.3. The fraction of sp³-hybridized carbons (Fsp3) is 0.312. The molecule has 0 saturated carbocycles. The molecule has 1 aromatic rings. The van der Waals surface area contributed by atoms with Crippen molar-refractivity contribution in [2.45, 2.75) is 19.8 Å². The van der Waals surface area contributed by atoms with Crippen LogP contribution in [-0.2, 0) is 9.59 Å². The van der Waals surface area contributed by atoms with Gasteiger partial charge in [-0.05, 0) is 30.3 Å². The lowest BCUT2D eigenvalue weighted by atomic mass is 10.2. The summed E-state index contributed by atoms with van der Waals surface area (Å²) in [5, 5.41) is 2.24. The van der Waals surface area contributed by atoms with Gasteiger partial charge in [-0.3, -0.25) is 19.3 Å². The SMILES string of the molecule is CCCC(=O)NCCN1C(=O)SC(=Cc2ccccc2F)C1=O. The van der Waals surface area contributed by atoms with Gasteiger partial charge in [-0.1, -0.05) is 25.1 Å². The van der Waals surface area contributed by atoms with Gasteiger partial charge in [0.2, 0.25) is 5.91 Å². The predicted molar refractivity (Wildman–Crippen MR) is 87.0 cm³/mol. The van der Waals surface area contributed by atoms with Gasteiger partial charge in [0.25, 0.3) is 11.1 Å². The van der Waals surface area contributed by atoms with Gasteiger partial charge >= 0.3 is 0 Å². The number of hydrogen-bond acceptors (Lipinski definition) is 4. The highest BCUT2D eigenvalue weighted by atomic mass is 32.2. The molecule has 0 aromatic heterocycles. The lowest BCUT2D eigenvalue weighted by Gasteiger charge is -2.12. The molecule has 2 rings (SSSR count). The maximum atomic E-state index is 13.6. The highest BCUT2D eigenvalue weighted by Gasteiger charge is 2.34. The number of benzene rings is 1. The molecule has 1 aliphatic heterocycles. The minimum atomic E-state index is -0.465. The third kappa shape index (κ3) is 4.41. The molecular formula is C16H17FN2O3S. The number of halogens is 1. The zero-order valence-corrected chi connectivity index (χ0v) is 13.5. The van der Waals surface area contributed by atoms with Gasteiger partial charge in [0.05, 0.1) is 4.91 Å². The van der Waals surface area contributed by atoms with Crippen LogP contribution < -0.4 is 5.32 Å². The van der Waals surface area contributed by atoms with E-state index >= 15 is 0 Å². The lowest BCUT2D eigenvalue weighted by Crippen LogP contribution is -2.37. The van der Waals surface area contributed by atoms with Crippen molar-refractivity contribution in [3.63, 3.8) is 0 Å². The van der Waals surface area contributed by atoms with Gasteiger partial charge in [-0.25, -0.2) is 4.39 Å². The Labute approximate surface area is 137 Å². The molecule has 122 valence electrons. The number of nitrogens with one attached hydrogen (secondary N) is 1. The summed E-state index contributed by atoms with van der Waals surface area (Å²) >= 11 is 0.774. The number of carbonyl (C=O) groups excluding carboxylic acids is 3. The second kappa shape index (κ2) is 7.92. The summed E-state index contributed by atoms with van der Waals surface area (Å²) in [4.78, 5) is 36.7. The molecule has 0 radical (unpaired) electrons. The quantitative estimate of drug-likeness (QED) is 0.811. The van der Waals surface area contributed by atoms with E-state index in [0.29, 0.717) is 6.42 Å². The summed E-state index contributed by atoms with van der Waals surface area (Å²) in [6.07, 6.45) is 2.52. The standard InChI is InChI=1S/C16H17FN2O3S/c1-2-5-14(20)18-8-9-19-15(21)13(23-16(19)22)10-11-6-3-4-7-12(11)17/h3-4,6-7,10H,2,5,8-9H2,1H3,(H,18,20). The molecule has 0 atom stereocenters. The average Bonchev–Trinajstić information content (AvgIpc) is 2.77. The van der Waals surface area contributed by atoms with E-state index in [-0.39, 0.29) is 29.5 Å². The van der Waals surface area contributed by atoms with Crippen molar-refractivity contribution in [3.8, 4) is 0 Å². The second-order valence-electron chi connectivity index (χ2n) is 4.95. The van der Waals surface area contributed by atoms with E-state index in [0.717, 1.165) is 23.1 Å². The summed E-state index contributed by atoms with van der Waals surface area (Å²) in [7, 11) is 0. The minimum Gasteiger partial charge on any atom is -0.354 e. The number of carbonyl (C=O) groups is 3. The molecule has 1 aromatic carbocycles. The van der Waals surface area contributed by atoms with Crippen molar-refractivity contribution in [1.82, 2.24) is 10.2 Å². The molecule has 0 unspecified atom stereocenters. The van der Waals surface area contributed by atoms with E-state index in [2.05, 4.69) is 5.32 Å². The summed E-state index contributed by atoms with van der Waals surface area (Å²) in [6.45, 7) is 2.21. The highest BCUT2D eigenvalue weighted by molar-refractivity contribution is 8.18. The highest BCUT2D eigenvalue weighted by Crippen LogP contribution is 2.32. The van der Waals surface area contributed by atoms with Crippen LogP contribution in [0.5, 0.6) is 0 Å². The van der Waals surface area contributed by atoms with Crippen molar-refractivity contribution < 1.29 is 18.8 Å². The van der Waals surface area contributed by atoms with Crippen LogP contribution in [0.2, 0.25) is 0 Å². The number of imide groups is 1. The van der Waals surface area contributed by atoms with Crippen LogP contribution in [0.3, 0.4) is 0 Å². The van der Waals surface area contributed by atoms with Gasteiger partial charge in [-0.15, -0.1) is 0 Å². The van der Waals surface area contributed by atoms with E-state index in [1.54, 1.807) is 12.1 Å². The Morgan fingerprint density at radius 3 is 2.78 bits per heavy atom. The number of thioether (sulfide) groups is 1. The summed E-state index contributed by atoms with van der Waals surface area (Å²) in [5.74, 6) is -1.03. The van der Waals surface area contributed by atoms with Gasteiger partial charge in [0, 0.05) is 25.1 Å². The minimum absolute atomic E-state index is 0.106. The molecule has 0 bridgehead atoms. The first-order valence-corrected chi connectivity index (χ1v) is 8.11. The van der Waals surface area contributed by atoms with E-state index in [1.165, 1.54) is 18.2 Å². The third-order valence-corrected chi connectivity index (χ3v) is 4.11. The van der Waals surface area contributed by atoms with Crippen LogP contribution in [-0.4, -0.2) is 35.0 Å². The molecule has 3 amide bonds. The summed E-state index contributed by atoms with van der Waals surface area (Å²) in [6, 6.07) is 6.04. The van der Waals surface area contributed by atoms with Crippen LogP contribution in [0.4, 0.5) is 9.18 Å². The van der Waals surface area contributed by atoms with Crippen LogP contribution in [0.1, 0.15) is 25.3 Å². The predicted octanol–water partition coefficient (Wildman–Crippen LogP) is 2.78. The zero-order valence-electron chi connectivity index (χ0n) is 12.7. The fourth-order valence-corrected chi connectivity index (χ4v) is 2.90. The number of rotatable bonds is 6. The van der Waals surface area contributed by atoms with E-state index in [4.69, 9.17) is 0 Å². The van der Waals surface area contributed by atoms with E-state index in [9.17, 15) is 18.8 Å². The Kier molecular flexibility index (Phi) is 5.92. The molecule has 0 spiro atoms.